The first kappa shape index (κ1) is 21.5. The lowest BCUT2D eigenvalue weighted by atomic mass is 9.95. The Morgan fingerprint density at radius 2 is 1.40 bits per heavy atom. The highest BCUT2D eigenvalue weighted by atomic mass is 16.1. The SMILES string of the molecule is O=C(NCCN1CCCCC1)c1ccc(NC2CCCCC2)c(NC2CCCC2)c1. The number of likely N-dealkylation sites (tertiary alicyclic amines) is 1. The summed E-state index contributed by atoms with van der Waals surface area (Å²) in [6.45, 7) is 4.03. The second kappa shape index (κ2) is 11.0. The van der Waals surface area contributed by atoms with Crippen molar-refractivity contribution in [3.05, 3.63) is 23.8 Å². The minimum atomic E-state index is 0.0469. The van der Waals surface area contributed by atoms with Crippen LogP contribution < -0.4 is 16.0 Å². The first-order valence-electron chi connectivity index (χ1n) is 12.5. The standard InChI is InChI=1S/C25H40N4O/c30-25(26-15-18-29-16-7-2-8-17-29)20-13-14-23(27-21-9-3-1-4-10-21)24(19-20)28-22-11-5-6-12-22/h13-14,19,21-22,27-28H,1-12,15-18H2,(H,26,30). The molecule has 5 heteroatoms. The van der Waals surface area contributed by atoms with E-state index in [4.69, 9.17) is 0 Å². The van der Waals surface area contributed by atoms with E-state index in [1.54, 1.807) is 0 Å². The fourth-order valence-electron chi connectivity index (χ4n) is 5.30. The number of benzene rings is 1. The van der Waals surface area contributed by atoms with Gasteiger partial charge < -0.3 is 20.9 Å². The number of rotatable bonds is 8. The number of amides is 1. The van der Waals surface area contributed by atoms with Crippen LogP contribution in [0.4, 0.5) is 11.4 Å². The number of hydrogen-bond donors (Lipinski definition) is 3. The highest BCUT2D eigenvalue weighted by molar-refractivity contribution is 5.96. The van der Waals surface area contributed by atoms with Crippen molar-refractivity contribution >= 4 is 17.3 Å². The van der Waals surface area contributed by atoms with Crippen LogP contribution in [0.3, 0.4) is 0 Å². The van der Waals surface area contributed by atoms with Crippen LogP contribution >= 0.6 is 0 Å². The van der Waals surface area contributed by atoms with E-state index < -0.39 is 0 Å². The van der Waals surface area contributed by atoms with Gasteiger partial charge in [0, 0.05) is 30.7 Å². The van der Waals surface area contributed by atoms with E-state index in [0.29, 0.717) is 12.1 Å². The molecule has 2 aliphatic carbocycles. The zero-order valence-corrected chi connectivity index (χ0v) is 18.6. The Kier molecular flexibility index (Phi) is 7.90. The molecule has 1 aliphatic heterocycles. The zero-order chi connectivity index (χ0) is 20.6. The monoisotopic (exact) mass is 412 g/mol. The molecule has 0 unspecified atom stereocenters. The summed E-state index contributed by atoms with van der Waals surface area (Å²) in [7, 11) is 0. The van der Waals surface area contributed by atoms with Crippen LogP contribution in [0, 0.1) is 0 Å². The van der Waals surface area contributed by atoms with Gasteiger partial charge in [0.15, 0.2) is 0 Å². The molecule has 1 saturated heterocycles. The Labute approximate surface area is 182 Å². The molecule has 3 fully saturated rings. The van der Waals surface area contributed by atoms with Crippen molar-refractivity contribution in [1.82, 2.24) is 10.2 Å². The summed E-state index contributed by atoms with van der Waals surface area (Å²) >= 11 is 0. The molecule has 166 valence electrons. The van der Waals surface area contributed by atoms with Gasteiger partial charge in [0.25, 0.3) is 5.91 Å². The normalized spacial score (nSPS) is 21.5. The number of hydrogen-bond acceptors (Lipinski definition) is 4. The van der Waals surface area contributed by atoms with Gasteiger partial charge in [-0.15, -0.1) is 0 Å². The summed E-state index contributed by atoms with van der Waals surface area (Å²) < 4.78 is 0. The van der Waals surface area contributed by atoms with Crippen LogP contribution in [0.1, 0.15) is 87.4 Å². The molecule has 1 aromatic rings. The molecular formula is C25H40N4O. The third kappa shape index (κ3) is 6.13. The van der Waals surface area contributed by atoms with Gasteiger partial charge in [0.1, 0.15) is 0 Å². The maximum absolute atomic E-state index is 12.8. The Balaban J connectivity index is 1.38. The largest absolute Gasteiger partial charge is 0.381 e. The summed E-state index contributed by atoms with van der Waals surface area (Å²) in [6.07, 6.45) is 15.5. The third-order valence-corrected chi connectivity index (χ3v) is 7.12. The fourth-order valence-corrected chi connectivity index (χ4v) is 5.30. The van der Waals surface area contributed by atoms with Gasteiger partial charge in [0.2, 0.25) is 0 Å². The molecule has 5 nitrogen and oxygen atoms in total. The lowest BCUT2D eigenvalue weighted by molar-refractivity contribution is 0.0946. The summed E-state index contributed by atoms with van der Waals surface area (Å²) in [4.78, 5) is 15.3. The molecule has 0 radical (unpaired) electrons. The molecule has 1 heterocycles. The average Bonchev–Trinajstić information content (AvgIpc) is 3.29. The summed E-state index contributed by atoms with van der Waals surface area (Å²) in [5, 5.41) is 10.7. The Morgan fingerprint density at radius 1 is 0.800 bits per heavy atom. The topological polar surface area (TPSA) is 56.4 Å². The Hall–Kier alpha value is -1.75. The predicted molar refractivity (Wildman–Crippen MR) is 125 cm³/mol. The van der Waals surface area contributed by atoms with Gasteiger partial charge in [-0.05, 0) is 69.8 Å². The molecule has 1 aromatic carbocycles. The average molecular weight is 413 g/mol. The Bertz CT molecular complexity index is 674. The summed E-state index contributed by atoms with van der Waals surface area (Å²) in [6, 6.07) is 7.27. The number of piperidine rings is 1. The molecule has 3 aliphatic rings. The van der Waals surface area contributed by atoms with Gasteiger partial charge in [-0.2, -0.15) is 0 Å². The molecular weight excluding hydrogens is 372 g/mol. The predicted octanol–water partition coefficient (Wildman–Crippen LogP) is 5.00. The number of anilines is 2. The highest BCUT2D eigenvalue weighted by Crippen LogP contribution is 2.31. The van der Waals surface area contributed by atoms with Crippen LogP contribution in [0.2, 0.25) is 0 Å². The molecule has 0 aromatic heterocycles. The molecule has 0 bridgehead atoms. The first-order valence-corrected chi connectivity index (χ1v) is 12.5. The van der Waals surface area contributed by atoms with Gasteiger partial charge in [-0.3, -0.25) is 4.79 Å². The maximum atomic E-state index is 12.8. The number of nitrogens with zero attached hydrogens (tertiary/aromatic N) is 1. The number of carbonyl (C=O) groups excluding carboxylic acids is 1. The number of nitrogens with one attached hydrogen (secondary N) is 3. The van der Waals surface area contributed by atoms with Crippen LogP contribution in [-0.2, 0) is 0 Å². The van der Waals surface area contributed by atoms with Crippen molar-refractivity contribution in [2.75, 3.05) is 36.8 Å². The summed E-state index contributed by atoms with van der Waals surface area (Å²) in [5.41, 5.74) is 3.04. The quantitative estimate of drug-likeness (QED) is 0.562. The van der Waals surface area contributed by atoms with E-state index in [1.807, 2.05) is 6.07 Å². The van der Waals surface area contributed by atoms with E-state index in [-0.39, 0.29) is 5.91 Å². The lowest BCUT2D eigenvalue weighted by Gasteiger charge is -2.27. The van der Waals surface area contributed by atoms with E-state index in [0.717, 1.165) is 24.3 Å². The lowest BCUT2D eigenvalue weighted by Crippen LogP contribution is -2.37. The molecule has 3 N–H and O–H groups in total. The minimum Gasteiger partial charge on any atom is -0.381 e. The van der Waals surface area contributed by atoms with Crippen molar-refractivity contribution in [3.8, 4) is 0 Å². The second-order valence-electron chi connectivity index (χ2n) is 9.52. The van der Waals surface area contributed by atoms with Crippen molar-refractivity contribution in [2.45, 2.75) is 89.1 Å². The molecule has 1 amide bonds. The smallest absolute Gasteiger partial charge is 0.251 e. The fraction of sp³-hybridized carbons (Fsp3) is 0.720. The molecule has 4 rings (SSSR count). The van der Waals surface area contributed by atoms with Crippen molar-refractivity contribution < 1.29 is 4.79 Å². The van der Waals surface area contributed by atoms with Gasteiger partial charge in [0.05, 0.1) is 11.4 Å². The van der Waals surface area contributed by atoms with Gasteiger partial charge in [-0.25, -0.2) is 0 Å². The van der Waals surface area contributed by atoms with Crippen molar-refractivity contribution in [3.63, 3.8) is 0 Å². The van der Waals surface area contributed by atoms with Crippen LogP contribution in [0.15, 0.2) is 18.2 Å². The molecule has 30 heavy (non-hydrogen) atoms. The zero-order valence-electron chi connectivity index (χ0n) is 18.6. The van der Waals surface area contributed by atoms with E-state index in [1.165, 1.54) is 95.8 Å². The maximum Gasteiger partial charge on any atom is 0.251 e. The second-order valence-corrected chi connectivity index (χ2v) is 9.52. The van der Waals surface area contributed by atoms with Gasteiger partial charge in [-0.1, -0.05) is 38.5 Å². The molecule has 2 saturated carbocycles. The highest BCUT2D eigenvalue weighted by Gasteiger charge is 2.20. The van der Waals surface area contributed by atoms with Crippen molar-refractivity contribution in [2.24, 2.45) is 0 Å². The first-order chi connectivity index (χ1) is 14.8. The number of carbonyl (C=O) groups is 1. The van der Waals surface area contributed by atoms with E-state index >= 15 is 0 Å². The molecule has 0 atom stereocenters. The van der Waals surface area contributed by atoms with E-state index in [2.05, 4.69) is 33.0 Å². The van der Waals surface area contributed by atoms with Crippen LogP contribution in [0.25, 0.3) is 0 Å². The van der Waals surface area contributed by atoms with E-state index in [9.17, 15) is 4.79 Å². The Morgan fingerprint density at radius 3 is 2.10 bits per heavy atom. The van der Waals surface area contributed by atoms with Crippen molar-refractivity contribution in [1.29, 1.82) is 0 Å². The van der Waals surface area contributed by atoms with Crippen LogP contribution in [0.5, 0.6) is 0 Å². The molecule has 0 spiro atoms. The minimum absolute atomic E-state index is 0.0469. The van der Waals surface area contributed by atoms with Crippen LogP contribution in [-0.4, -0.2) is 49.1 Å². The summed E-state index contributed by atoms with van der Waals surface area (Å²) in [5.74, 6) is 0.0469. The van der Waals surface area contributed by atoms with Gasteiger partial charge >= 0.3 is 0 Å². The third-order valence-electron chi connectivity index (χ3n) is 7.12.